The summed E-state index contributed by atoms with van der Waals surface area (Å²) in [6, 6.07) is 18.3. The minimum atomic E-state index is 0.0555. The van der Waals surface area contributed by atoms with Crippen molar-refractivity contribution >= 4 is 22.6 Å². The molecule has 0 bridgehead atoms. The van der Waals surface area contributed by atoms with Crippen molar-refractivity contribution in [3.05, 3.63) is 65.7 Å². The van der Waals surface area contributed by atoms with Crippen LogP contribution < -0.4 is 4.74 Å². The zero-order valence-electron chi connectivity index (χ0n) is 9.06. The lowest BCUT2D eigenvalue weighted by atomic mass is 10.2. The average Bonchev–Trinajstić information content (AvgIpc) is 2.33. The summed E-state index contributed by atoms with van der Waals surface area (Å²) in [5, 5.41) is 0. The van der Waals surface area contributed by atoms with E-state index < -0.39 is 0 Å². The molecule has 1 atom stereocenters. The van der Waals surface area contributed by atoms with Crippen LogP contribution in [0, 0.1) is 6.92 Å². The Kier molecular flexibility index (Phi) is 3.83. The maximum atomic E-state index is 5.92. The van der Waals surface area contributed by atoms with Crippen LogP contribution in [0.3, 0.4) is 0 Å². The van der Waals surface area contributed by atoms with E-state index in [-0.39, 0.29) is 4.11 Å². The minimum Gasteiger partial charge on any atom is -0.475 e. The Bertz CT molecular complexity index is 453. The van der Waals surface area contributed by atoms with Gasteiger partial charge in [0.2, 0.25) is 0 Å². The lowest BCUT2D eigenvalue weighted by Crippen LogP contribution is -2.00. The second kappa shape index (κ2) is 5.34. The van der Waals surface area contributed by atoms with Crippen molar-refractivity contribution in [3.8, 4) is 5.75 Å². The van der Waals surface area contributed by atoms with Gasteiger partial charge in [-0.3, -0.25) is 0 Å². The molecule has 1 nitrogen and oxygen atoms in total. The van der Waals surface area contributed by atoms with Crippen LogP contribution in [0.5, 0.6) is 5.75 Å². The number of halogens is 1. The van der Waals surface area contributed by atoms with E-state index >= 15 is 0 Å². The van der Waals surface area contributed by atoms with E-state index in [1.54, 1.807) is 0 Å². The number of alkyl halides is 1. The number of ether oxygens (including phenoxy) is 1. The fraction of sp³-hybridized carbons (Fsp3) is 0.143. The molecule has 0 aliphatic heterocycles. The molecular formula is C14H13IO. The van der Waals surface area contributed by atoms with Crippen molar-refractivity contribution in [2.24, 2.45) is 0 Å². The highest BCUT2D eigenvalue weighted by atomic mass is 127. The molecule has 0 saturated carbocycles. The van der Waals surface area contributed by atoms with Gasteiger partial charge in [0.05, 0.1) is 0 Å². The Labute approximate surface area is 110 Å². The third kappa shape index (κ3) is 2.76. The summed E-state index contributed by atoms with van der Waals surface area (Å²) in [5.41, 5.74) is 2.35. The first-order valence-corrected chi connectivity index (χ1v) is 6.43. The van der Waals surface area contributed by atoms with E-state index in [0.717, 1.165) is 5.75 Å². The molecule has 0 amide bonds. The largest absolute Gasteiger partial charge is 0.475 e. The molecular weight excluding hydrogens is 311 g/mol. The van der Waals surface area contributed by atoms with E-state index in [1.165, 1.54) is 11.1 Å². The first-order valence-electron chi connectivity index (χ1n) is 5.18. The molecule has 1 unspecified atom stereocenters. The van der Waals surface area contributed by atoms with Gasteiger partial charge in [-0.1, -0.05) is 48.5 Å². The highest BCUT2D eigenvalue weighted by molar-refractivity contribution is 14.1. The van der Waals surface area contributed by atoms with Crippen LogP contribution in [0.25, 0.3) is 0 Å². The van der Waals surface area contributed by atoms with Gasteiger partial charge in [0.25, 0.3) is 0 Å². The standard InChI is InChI=1S/C14H13IO/c1-11-7-5-6-10-13(11)16-14(15)12-8-3-2-4-9-12/h2-10,14H,1H3. The SMILES string of the molecule is Cc1ccccc1OC(I)c1ccccc1. The smallest absolute Gasteiger partial charge is 0.174 e. The monoisotopic (exact) mass is 324 g/mol. The highest BCUT2D eigenvalue weighted by Crippen LogP contribution is 2.29. The number of para-hydroxylation sites is 1. The predicted octanol–water partition coefficient (Wildman–Crippen LogP) is 4.51. The topological polar surface area (TPSA) is 9.23 Å². The molecule has 2 aromatic carbocycles. The van der Waals surface area contributed by atoms with Crippen LogP contribution in [0.15, 0.2) is 54.6 Å². The summed E-state index contributed by atoms with van der Waals surface area (Å²) in [5.74, 6) is 0.950. The summed E-state index contributed by atoms with van der Waals surface area (Å²) < 4.78 is 5.97. The van der Waals surface area contributed by atoms with Gasteiger partial charge in [-0.15, -0.1) is 0 Å². The zero-order valence-corrected chi connectivity index (χ0v) is 11.2. The van der Waals surface area contributed by atoms with Gasteiger partial charge in [-0.2, -0.15) is 0 Å². The molecule has 0 N–H and O–H groups in total. The molecule has 0 fully saturated rings. The van der Waals surface area contributed by atoms with Crippen molar-refractivity contribution < 1.29 is 4.74 Å². The van der Waals surface area contributed by atoms with Gasteiger partial charge in [0.1, 0.15) is 5.75 Å². The molecule has 0 spiro atoms. The number of hydrogen-bond donors (Lipinski definition) is 0. The normalized spacial score (nSPS) is 12.1. The van der Waals surface area contributed by atoms with Gasteiger partial charge in [-0.25, -0.2) is 0 Å². The Balaban J connectivity index is 2.14. The molecule has 2 heteroatoms. The number of hydrogen-bond acceptors (Lipinski definition) is 1. The maximum absolute atomic E-state index is 5.92. The first kappa shape index (κ1) is 11.5. The van der Waals surface area contributed by atoms with Crippen LogP contribution in [-0.2, 0) is 0 Å². The van der Waals surface area contributed by atoms with Crippen LogP contribution >= 0.6 is 22.6 Å². The Morgan fingerprint density at radius 3 is 2.25 bits per heavy atom. The molecule has 2 aromatic rings. The second-order valence-electron chi connectivity index (χ2n) is 3.61. The van der Waals surface area contributed by atoms with Gasteiger partial charge in [-0.05, 0) is 41.1 Å². The van der Waals surface area contributed by atoms with E-state index in [2.05, 4.69) is 47.7 Å². The predicted molar refractivity (Wildman–Crippen MR) is 75.0 cm³/mol. The third-order valence-electron chi connectivity index (χ3n) is 2.39. The second-order valence-corrected chi connectivity index (χ2v) is 4.74. The summed E-state index contributed by atoms with van der Waals surface area (Å²) >= 11 is 2.31. The van der Waals surface area contributed by atoms with Crippen molar-refractivity contribution in [1.82, 2.24) is 0 Å². The summed E-state index contributed by atoms with van der Waals surface area (Å²) in [6.07, 6.45) is 0. The van der Waals surface area contributed by atoms with E-state index in [1.807, 2.05) is 36.4 Å². The quantitative estimate of drug-likeness (QED) is 0.596. The Morgan fingerprint density at radius 1 is 0.938 bits per heavy atom. The van der Waals surface area contributed by atoms with Crippen molar-refractivity contribution in [2.45, 2.75) is 11.0 Å². The van der Waals surface area contributed by atoms with Crippen LogP contribution in [0.2, 0.25) is 0 Å². The van der Waals surface area contributed by atoms with Crippen LogP contribution in [-0.4, -0.2) is 0 Å². The average molecular weight is 324 g/mol. The lowest BCUT2D eigenvalue weighted by Gasteiger charge is -2.14. The molecule has 2 rings (SSSR count). The molecule has 0 aromatic heterocycles. The number of rotatable bonds is 3. The van der Waals surface area contributed by atoms with E-state index in [9.17, 15) is 0 Å². The van der Waals surface area contributed by atoms with Gasteiger partial charge in [0, 0.05) is 5.56 Å². The molecule has 0 aliphatic rings. The molecule has 0 saturated heterocycles. The van der Waals surface area contributed by atoms with Crippen LogP contribution in [0.1, 0.15) is 15.2 Å². The van der Waals surface area contributed by atoms with Gasteiger partial charge >= 0.3 is 0 Å². The highest BCUT2D eigenvalue weighted by Gasteiger charge is 2.09. The van der Waals surface area contributed by atoms with E-state index in [0.29, 0.717) is 0 Å². The molecule has 0 aliphatic carbocycles. The molecule has 82 valence electrons. The van der Waals surface area contributed by atoms with Crippen LogP contribution in [0.4, 0.5) is 0 Å². The molecule has 16 heavy (non-hydrogen) atoms. The summed E-state index contributed by atoms with van der Waals surface area (Å²) in [7, 11) is 0. The number of aryl methyl sites for hydroxylation is 1. The fourth-order valence-corrected chi connectivity index (χ4v) is 2.16. The zero-order chi connectivity index (χ0) is 11.4. The van der Waals surface area contributed by atoms with Crippen molar-refractivity contribution in [1.29, 1.82) is 0 Å². The van der Waals surface area contributed by atoms with Crippen molar-refractivity contribution in [2.75, 3.05) is 0 Å². The van der Waals surface area contributed by atoms with E-state index in [4.69, 9.17) is 4.74 Å². The fourth-order valence-electron chi connectivity index (χ4n) is 1.47. The third-order valence-corrected chi connectivity index (χ3v) is 3.36. The maximum Gasteiger partial charge on any atom is 0.174 e. The summed E-state index contributed by atoms with van der Waals surface area (Å²) in [6.45, 7) is 2.06. The molecule has 0 radical (unpaired) electrons. The first-order chi connectivity index (χ1) is 7.77. The summed E-state index contributed by atoms with van der Waals surface area (Å²) in [4.78, 5) is 0. The number of benzene rings is 2. The van der Waals surface area contributed by atoms with Gasteiger partial charge < -0.3 is 4.74 Å². The molecule has 0 heterocycles. The Hall–Kier alpha value is -1.03. The van der Waals surface area contributed by atoms with Gasteiger partial charge in [0.15, 0.2) is 4.11 Å². The van der Waals surface area contributed by atoms with Crippen molar-refractivity contribution in [3.63, 3.8) is 0 Å². The Morgan fingerprint density at radius 2 is 1.56 bits per heavy atom. The minimum absolute atomic E-state index is 0.0555. The lowest BCUT2D eigenvalue weighted by molar-refractivity contribution is 0.308.